The highest BCUT2D eigenvalue weighted by atomic mass is 32.2. The number of carbonyl (C=O) groups excluding carboxylic acids is 3. The van der Waals surface area contributed by atoms with Crippen LogP contribution in [0.2, 0.25) is 0 Å². The highest BCUT2D eigenvalue weighted by molar-refractivity contribution is 8.02. The quantitative estimate of drug-likeness (QED) is 0.142. The average molecular weight is 684 g/mol. The number of ether oxygens (including phenoxy) is 4. The predicted octanol–water partition coefficient (Wildman–Crippen LogP) is 6.67. The number of benzene rings is 4. The maximum atomic E-state index is 14.1. The van der Waals surface area contributed by atoms with E-state index in [1.807, 2.05) is 86.6 Å². The maximum Gasteiger partial charge on any atom is 0.407 e. The number of alkyl carbamates (subject to hydrolysis) is 1. The number of hydrogen-bond donors (Lipinski definition) is 2. The Morgan fingerprint density at radius 2 is 1.69 bits per heavy atom. The van der Waals surface area contributed by atoms with Crippen molar-refractivity contribution in [1.82, 2.24) is 5.32 Å². The summed E-state index contributed by atoms with van der Waals surface area (Å²) >= 11 is 1.47. The summed E-state index contributed by atoms with van der Waals surface area (Å²) < 4.78 is 21.5. The zero-order valence-corrected chi connectivity index (χ0v) is 28.7. The van der Waals surface area contributed by atoms with Crippen LogP contribution in [0.5, 0.6) is 17.2 Å². The first kappa shape index (κ1) is 35.2. The molecule has 0 spiro atoms. The lowest BCUT2D eigenvalue weighted by Gasteiger charge is -2.25. The molecule has 49 heavy (non-hydrogen) atoms. The minimum absolute atomic E-state index is 0.0340. The molecule has 0 radical (unpaired) electrons. The molecule has 0 aromatic heterocycles. The van der Waals surface area contributed by atoms with Gasteiger partial charge in [0.1, 0.15) is 17.7 Å². The molecule has 5 rings (SSSR count). The van der Waals surface area contributed by atoms with Gasteiger partial charge in [0, 0.05) is 24.2 Å². The van der Waals surface area contributed by atoms with Crippen molar-refractivity contribution in [2.24, 2.45) is 5.73 Å². The van der Waals surface area contributed by atoms with Gasteiger partial charge in [-0.25, -0.2) is 4.79 Å². The number of nitrogens with two attached hydrogens (primary N) is 1. The molecule has 3 amide bonds. The highest BCUT2D eigenvalue weighted by Gasteiger charge is 2.50. The fourth-order valence-electron chi connectivity index (χ4n) is 5.47. The Morgan fingerprint density at radius 3 is 2.41 bits per heavy atom. The maximum absolute atomic E-state index is 14.1. The molecular formula is C38H41N3O7S. The highest BCUT2D eigenvalue weighted by Crippen LogP contribution is 2.53. The lowest BCUT2D eigenvalue weighted by molar-refractivity contribution is -0.120. The number of carbonyl (C=O) groups is 3. The normalized spacial score (nSPS) is 17.0. The molecule has 10 nitrogen and oxygen atoms in total. The van der Waals surface area contributed by atoms with Gasteiger partial charge in [-0.1, -0.05) is 54.6 Å². The van der Waals surface area contributed by atoms with Crippen LogP contribution in [0, 0.1) is 0 Å². The van der Waals surface area contributed by atoms with Crippen LogP contribution in [0.15, 0.2) is 97.1 Å². The first-order valence-corrected chi connectivity index (χ1v) is 17.0. The van der Waals surface area contributed by atoms with Gasteiger partial charge in [0.15, 0.2) is 11.5 Å². The van der Waals surface area contributed by atoms with Crippen LogP contribution >= 0.6 is 11.8 Å². The van der Waals surface area contributed by atoms with Crippen molar-refractivity contribution in [1.29, 1.82) is 0 Å². The number of nitrogens with one attached hydrogen (secondary N) is 1. The molecule has 0 unspecified atom stereocenters. The first-order valence-electron chi connectivity index (χ1n) is 16.1. The summed E-state index contributed by atoms with van der Waals surface area (Å²) in [6.45, 7) is 5.10. The Kier molecular flexibility index (Phi) is 11.7. The Labute approximate surface area is 290 Å². The number of rotatable bonds is 15. The lowest BCUT2D eigenvalue weighted by Crippen LogP contribution is -2.38. The zero-order chi connectivity index (χ0) is 34.8. The van der Waals surface area contributed by atoms with Crippen LogP contribution in [-0.4, -0.2) is 49.5 Å². The summed E-state index contributed by atoms with van der Waals surface area (Å²) in [5.74, 6) is 1.26. The van der Waals surface area contributed by atoms with Crippen molar-refractivity contribution in [2.75, 3.05) is 31.8 Å². The monoisotopic (exact) mass is 683 g/mol. The molecule has 3 N–H and O–H groups in total. The second kappa shape index (κ2) is 16.3. The Morgan fingerprint density at radius 1 is 0.918 bits per heavy atom. The Bertz CT molecular complexity index is 1750. The van der Waals surface area contributed by atoms with Crippen molar-refractivity contribution in [3.05, 3.63) is 119 Å². The van der Waals surface area contributed by atoms with Gasteiger partial charge in [-0.15, -0.1) is 11.8 Å². The van der Waals surface area contributed by atoms with Gasteiger partial charge < -0.3 is 30.0 Å². The van der Waals surface area contributed by atoms with E-state index in [0.717, 1.165) is 16.7 Å². The van der Waals surface area contributed by atoms with E-state index in [1.54, 1.807) is 36.3 Å². The van der Waals surface area contributed by atoms with E-state index < -0.39 is 22.1 Å². The molecule has 0 aliphatic carbocycles. The fourth-order valence-corrected chi connectivity index (χ4v) is 6.98. The predicted molar refractivity (Wildman–Crippen MR) is 190 cm³/mol. The molecular weight excluding hydrogens is 642 g/mol. The molecule has 1 aliphatic heterocycles. The molecule has 0 saturated carbocycles. The molecule has 1 saturated heterocycles. The largest absolute Gasteiger partial charge is 0.493 e. The van der Waals surface area contributed by atoms with Gasteiger partial charge in [0.25, 0.3) is 0 Å². The van der Waals surface area contributed by atoms with Crippen LogP contribution in [0.4, 0.5) is 10.5 Å². The molecule has 1 fully saturated rings. The van der Waals surface area contributed by atoms with E-state index in [0.29, 0.717) is 54.7 Å². The minimum Gasteiger partial charge on any atom is -0.493 e. The summed E-state index contributed by atoms with van der Waals surface area (Å²) in [6, 6.07) is 29.9. The van der Waals surface area contributed by atoms with Crippen molar-refractivity contribution in [3.63, 3.8) is 0 Å². The van der Waals surface area contributed by atoms with Crippen LogP contribution in [0.3, 0.4) is 0 Å². The number of amides is 3. The smallest absolute Gasteiger partial charge is 0.407 e. The van der Waals surface area contributed by atoms with Crippen LogP contribution in [0.1, 0.15) is 52.7 Å². The van der Waals surface area contributed by atoms with Crippen LogP contribution < -0.4 is 30.2 Å². The number of methoxy groups -OCH3 is 1. The van der Waals surface area contributed by atoms with Gasteiger partial charge in [0.2, 0.25) is 11.8 Å². The summed E-state index contributed by atoms with van der Waals surface area (Å²) in [4.78, 5) is 40.4. The average Bonchev–Trinajstić information content (AvgIpc) is 3.38. The van der Waals surface area contributed by atoms with E-state index in [1.165, 1.54) is 11.8 Å². The van der Waals surface area contributed by atoms with Crippen LogP contribution in [-0.2, 0) is 22.6 Å². The lowest BCUT2D eigenvalue weighted by atomic mass is 10.0. The topological polar surface area (TPSA) is 129 Å². The molecule has 1 aliphatic rings. The molecule has 256 valence electrons. The first-order chi connectivity index (χ1) is 23.7. The zero-order valence-electron chi connectivity index (χ0n) is 27.8. The summed E-state index contributed by atoms with van der Waals surface area (Å²) in [5, 5.41) is 2.37. The fraction of sp³-hybridized carbons (Fsp3) is 0.289. The molecule has 2 atom stereocenters. The summed E-state index contributed by atoms with van der Waals surface area (Å²) in [5.41, 5.74) is 9.34. The summed E-state index contributed by atoms with van der Waals surface area (Å²) in [7, 11) is 1.59. The van der Waals surface area contributed by atoms with Crippen molar-refractivity contribution in [3.8, 4) is 17.2 Å². The van der Waals surface area contributed by atoms with Crippen LogP contribution in [0.25, 0.3) is 0 Å². The second-order valence-electron chi connectivity index (χ2n) is 11.6. The minimum atomic E-state index is -0.922. The third-order valence-electron chi connectivity index (χ3n) is 8.12. The third-order valence-corrected chi connectivity index (χ3v) is 9.73. The number of primary amides is 1. The third kappa shape index (κ3) is 8.85. The van der Waals surface area contributed by atoms with E-state index in [2.05, 4.69) is 5.32 Å². The van der Waals surface area contributed by atoms with Gasteiger partial charge in [-0.2, -0.15) is 0 Å². The van der Waals surface area contributed by atoms with Crippen molar-refractivity contribution in [2.45, 2.75) is 43.4 Å². The number of hydrogen-bond acceptors (Lipinski definition) is 8. The van der Waals surface area contributed by atoms with Gasteiger partial charge in [-0.3, -0.25) is 14.5 Å². The van der Waals surface area contributed by atoms with Gasteiger partial charge >= 0.3 is 6.09 Å². The molecule has 0 bridgehead atoms. The van der Waals surface area contributed by atoms with Gasteiger partial charge in [-0.05, 0) is 79.4 Å². The SMILES string of the molecule is CCOc1cc(CCNC(=O)OCC[C@@]2(C)S[C@@H](c3ccc(OCc4ccccc4)cc3)N(c3cccc(C(N)=O)c3)C2=O)ccc1OC. The van der Waals surface area contributed by atoms with Crippen molar-refractivity contribution >= 4 is 35.4 Å². The molecule has 11 heteroatoms. The molecule has 4 aromatic rings. The van der Waals surface area contributed by atoms with Crippen molar-refractivity contribution < 1.29 is 33.3 Å². The molecule has 1 heterocycles. The number of anilines is 1. The summed E-state index contributed by atoms with van der Waals surface area (Å²) in [6.07, 6.45) is 0.287. The number of nitrogens with zero attached hydrogens (tertiary/aromatic N) is 1. The Hall–Kier alpha value is -5.16. The van der Waals surface area contributed by atoms with E-state index in [9.17, 15) is 14.4 Å². The molecule has 4 aromatic carbocycles. The Balaban J connectivity index is 1.23. The second-order valence-corrected chi connectivity index (χ2v) is 13.2. The number of thioether (sulfide) groups is 1. The van der Waals surface area contributed by atoms with E-state index in [4.69, 9.17) is 24.7 Å². The van der Waals surface area contributed by atoms with Gasteiger partial charge in [0.05, 0.1) is 25.1 Å². The van der Waals surface area contributed by atoms with E-state index in [-0.39, 0.29) is 18.9 Å². The van der Waals surface area contributed by atoms with E-state index >= 15 is 0 Å². The standard InChI is InChI=1S/C38H41N3O7S/c1-4-46-33-23-26(13-18-32(33)45-3)19-21-40-37(44)47-22-20-38(2)36(43)41(30-12-8-11-29(24-30)34(39)42)35(49-38)28-14-16-31(17-15-28)48-25-27-9-6-5-7-10-27/h5-18,23-24,35H,4,19-22,25H2,1-3H3,(H2,39,42)(H,40,44)/t35-,38+/m0/s1.